The van der Waals surface area contributed by atoms with Crippen LogP contribution in [0.3, 0.4) is 0 Å². The smallest absolute Gasteiger partial charge is 0.239 e. The third kappa shape index (κ3) is 13.5. The van der Waals surface area contributed by atoms with Crippen molar-refractivity contribution < 1.29 is 38.4 Å². The molecule has 1 saturated carbocycles. The second-order valence-corrected chi connectivity index (χ2v) is 21.1. The minimum Gasteiger partial charge on any atom is -0.489 e. The predicted octanol–water partition coefficient (Wildman–Crippen LogP) is 13.9. The first-order chi connectivity index (χ1) is 34.5. The number of benzene rings is 4. The molecule has 0 aromatic heterocycles. The fraction of sp³-hybridized carbons (Fsp3) is 0.541. The molecule has 1 amide bonds. The Hall–Kier alpha value is -5.03. The molecule has 71 heavy (non-hydrogen) atoms. The first kappa shape index (κ1) is 53.8. The highest BCUT2D eigenvalue weighted by atomic mass is 19.1. The molecule has 384 valence electrons. The van der Waals surface area contributed by atoms with Gasteiger partial charge in [0.2, 0.25) is 11.7 Å². The number of oxime groups is 1. The zero-order valence-electron chi connectivity index (χ0n) is 43.1. The molecule has 7 rings (SSSR count). The van der Waals surface area contributed by atoms with Crippen molar-refractivity contribution in [2.45, 2.75) is 173 Å². The summed E-state index contributed by atoms with van der Waals surface area (Å²) >= 11 is 0. The van der Waals surface area contributed by atoms with Crippen molar-refractivity contribution in [1.29, 1.82) is 0 Å². The summed E-state index contributed by atoms with van der Waals surface area (Å²) in [6.45, 7) is 13.1. The van der Waals surface area contributed by atoms with Crippen LogP contribution in [-0.4, -0.2) is 64.0 Å². The number of fused-ring (bicyclic) bond motifs is 3. The second-order valence-electron chi connectivity index (χ2n) is 21.1. The number of hydrogen-bond acceptors (Lipinski definition) is 8. The highest BCUT2D eigenvalue weighted by molar-refractivity contribution is 6.03. The zero-order valence-corrected chi connectivity index (χ0v) is 43.1. The normalized spacial score (nSPS) is 22.0. The molecule has 2 aliphatic carbocycles. The molecule has 0 radical (unpaired) electrons. The number of unbranched alkanes of at least 4 members (excludes halogenated alkanes) is 10. The fourth-order valence-corrected chi connectivity index (χ4v) is 11.4. The van der Waals surface area contributed by atoms with E-state index in [4.69, 9.17) is 24.2 Å². The summed E-state index contributed by atoms with van der Waals surface area (Å²) in [5.74, 6) is -1.06. The highest BCUT2D eigenvalue weighted by Crippen LogP contribution is 2.62. The Labute approximate surface area is 423 Å². The van der Waals surface area contributed by atoms with E-state index in [1.807, 2.05) is 49.9 Å². The molecule has 1 fully saturated rings. The van der Waals surface area contributed by atoms with E-state index in [1.54, 1.807) is 18.2 Å². The summed E-state index contributed by atoms with van der Waals surface area (Å²) in [6.07, 6.45) is 19.7. The topological polar surface area (TPSA) is 110 Å². The number of rotatable bonds is 28. The zero-order chi connectivity index (χ0) is 50.2. The van der Waals surface area contributed by atoms with E-state index in [9.17, 15) is 14.6 Å². The summed E-state index contributed by atoms with van der Waals surface area (Å²) in [5, 5.41) is 27.4. The number of carbonyl (C=O) groups is 1. The van der Waals surface area contributed by atoms with Crippen LogP contribution in [0.2, 0.25) is 0 Å². The molecule has 4 aromatic carbocycles. The van der Waals surface area contributed by atoms with Gasteiger partial charge in [-0.1, -0.05) is 149 Å². The van der Waals surface area contributed by atoms with Gasteiger partial charge in [-0.05, 0) is 111 Å². The quantitative estimate of drug-likeness (QED) is 0.0331. The molecule has 1 heterocycles. The van der Waals surface area contributed by atoms with Crippen molar-refractivity contribution in [1.82, 2.24) is 4.90 Å². The molecule has 0 unspecified atom stereocenters. The Balaban J connectivity index is 1.39. The third-order valence-corrected chi connectivity index (χ3v) is 14.8. The number of nitrogens with zero attached hydrogens (tertiary/aromatic N) is 2. The maximum Gasteiger partial charge on any atom is 0.239 e. The number of allylic oxidation sites excluding steroid dienone is 1. The van der Waals surface area contributed by atoms with Crippen LogP contribution in [0, 0.1) is 23.6 Å². The number of halogens is 1. The monoisotopic (exact) mass is 973 g/mol. The molecule has 4 aromatic rings. The summed E-state index contributed by atoms with van der Waals surface area (Å²) < 4.78 is 36.2. The van der Waals surface area contributed by atoms with Gasteiger partial charge in [0.05, 0.1) is 18.2 Å². The van der Waals surface area contributed by atoms with E-state index in [0.29, 0.717) is 49.3 Å². The average Bonchev–Trinajstić information content (AvgIpc) is 3.36. The van der Waals surface area contributed by atoms with Crippen LogP contribution in [0.4, 0.5) is 4.39 Å². The summed E-state index contributed by atoms with van der Waals surface area (Å²) in [6, 6.07) is 26.5. The first-order valence-electron chi connectivity index (χ1n) is 26.9. The van der Waals surface area contributed by atoms with Crippen LogP contribution in [0.1, 0.15) is 159 Å². The highest BCUT2D eigenvalue weighted by Gasteiger charge is 2.65. The van der Waals surface area contributed by atoms with Crippen molar-refractivity contribution in [2.75, 3.05) is 19.8 Å². The first-order valence-corrected chi connectivity index (χ1v) is 26.9. The summed E-state index contributed by atoms with van der Waals surface area (Å²) in [4.78, 5) is 24.0. The SMILES string of the molecule is C=CCO[C@@]12Oc3ccc(OCc4ccccc4F)cc3[C@H]3[C@H](CCCCO)[C@@H](CCCCO)C=C(C(=NOC(C)(C)C)C[C@@H]1N(Cc1cccc4ccccc14)C(=O)CCCCCCCCCCC)[C@H]32. The van der Waals surface area contributed by atoms with Gasteiger partial charge in [-0.15, -0.1) is 6.58 Å². The lowest BCUT2D eigenvalue weighted by Gasteiger charge is -2.60. The predicted molar refractivity (Wildman–Crippen MR) is 283 cm³/mol. The van der Waals surface area contributed by atoms with Gasteiger partial charge in [-0.3, -0.25) is 4.79 Å². The molecule has 0 saturated heterocycles. The van der Waals surface area contributed by atoms with E-state index in [2.05, 4.69) is 62.0 Å². The van der Waals surface area contributed by atoms with Crippen LogP contribution in [0.15, 0.2) is 114 Å². The Morgan fingerprint density at radius 1 is 0.859 bits per heavy atom. The fourth-order valence-electron chi connectivity index (χ4n) is 11.4. The standard InChI is InChI=1S/C61H81FN2O7/c1-6-8-9-10-11-12-13-14-15-33-57(67)64(42-46-29-24-28-44-25-16-18-30-49(44)46)56-41-54(63-71-60(3,4)5)51-39-45(26-20-22-36-65)50(31-21-23-37-66)58-52-40-48(68-43-47-27-17-19-32-53(47)62)34-35-55(52)70-61(56,59(51)58)69-38-7-2/h7,16-19,24-25,27-30,32,34-35,39-40,45,50,56,58-59,65-66H,2,6,8-15,20-23,26,31,33,36-38,41-43H2,1,3-5H3/t45-,50+,56-,58+,59+,61+/m0/s1. The Bertz CT molecular complexity index is 2400. The van der Waals surface area contributed by atoms with Gasteiger partial charge in [-0.2, -0.15) is 0 Å². The summed E-state index contributed by atoms with van der Waals surface area (Å²) in [5.41, 5.74) is 3.58. The van der Waals surface area contributed by atoms with E-state index < -0.39 is 23.3 Å². The minimum atomic E-state index is -1.40. The maximum atomic E-state index is 15.5. The van der Waals surface area contributed by atoms with Crippen LogP contribution >= 0.6 is 0 Å². The van der Waals surface area contributed by atoms with Gasteiger partial charge in [0.1, 0.15) is 35.6 Å². The van der Waals surface area contributed by atoms with Gasteiger partial charge in [0.15, 0.2) is 0 Å². The Morgan fingerprint density at radius 2 is 1.55 bits per heavy atom. The van der Waals surface area contributed by atoms with Gasteiger partial charge in [0, 0.05) is 49.6 Å². The lowest BCUT2D eigenvalue weighted by Crippen LogP contribution is -2.70. The largest absolute Gasteiger partial charge is 0.489 e. The van der Waals surface area contributed by atoms with Gasteiger partial charge >= 0.3 is 0 Å². The lowest BCUT2D eigenvalue weighted by molar-refractivity contribution is -0.258. The van der Waals surface area contributed by atoms with Crippen molar-refractivity contribution >= 4 is 22.4 Å². The van der Waals surface area contributed by atoms with Crippen molar-refractivity contribution in [3.05, 3.63) is 132 Å². The minimum absolute atomic E-state index is 0.0380. The van der Waals surface area contributed by atoms with Crippen molar-refractivity contribution in [2.24, 2.45) is 22.9 Å². The number of hydrogen-bond donors (Lipinski definition) is 2. The molecule has 1 aliphatic heterocycles. The molecule has 10 heteroatoms. The van der Waals surface area contributed by atoms with Crippen molar-refractivity contribution in [3.8, 4) is 11.5 Å². The molecule has 3 aliphatic rings. The second kappa shape index (κ2) is 26.1. The molecular formula is C61H81FN2O7. The van der Waals surface area contributed by atoms with E-state index in [1.165, 1.54) is 44.6 Å². The van der Waals surface area contributed by atoms with E-state index in [-0.39, 0.29) is 55.9 Å². The number of aliphatic hydroxyl groups is 2. The van der Waals surface area contributed by atoms with Crippen LogP contribution in [-0.2, 0) is 27.5 Å². The Morgan fingerprint density at radius 3 is 2.28 bits per heavy atom. The molecule has 6 atom stereocenters. The Kier molecular flexibility index (Phi) is 19.7. The number of carbonyl (C=O) groups excluding carboxylic acids is 1. The molecule has 2 N–H and O–H groups in total. The molecular weight excluding hydrogens is 892 g/mol. The summed E-state index contributed by atoms with van der Waals surface area (Å²) in [7, 11) is 0. The van der Waals surface area contributed by atoms with E-state index >= 15 is 4.79 Å². The van der Waals surface area contributed by atoms with Crippen LogP contribution < -0.4 is 9.47 Å². The third-order valence-electron chi connectivity index (χ3n) is 14.8. The maximum absolute atomic E-state index is 15.5. The van der Waals surface area contributed by atoms with Crippen LogP contribution in [0.25, 0.3) is 10.8 Å². The van der Waals surface area contributed by atoms with E-state index in [0.717, 1.165) is 78.1 Å². The average molecular weight is 973 g/mol. The van der Waals surface area contributed by atoms with Gasteiger partial charge in [-0.25, -0.2) is 4.39 Å². The molecule has 0 spiro atoms. The van der Waals surface area contributed by atoms with Gasteiger partial charge < -0.3 is 34.2 Å². The van der Waals surface area contributed by atoms with Crippen LogP contribution in [0.5, 0.6) is 11.5 Å². The lowest BCUT2D eigenvalue weighted by atomic mass is 9.55. The number of ether oxygens (including phenoxy) is 3. The number of amides is 1. The van der Waals surface area contributed by atoms with Gasteiger partial charge in [0.25, 0.3) is 0 Å². The van der Waals surface area contributed by atoms with Crippen molar-refractivity contribution in [3.63, 3.8) is 0 Å². The molecule has 9 nitrogen and oxygen atoms in total. The number of aliphatic hydroxyl groups excluding tert-OH is 2. The molecule has 0 bridgehead atoms.